The summed E-state index contributed by atoms with van der Waals surface area (Å²) in [7, 11) is 5.44. The van der Waals surface area contributed by atoms with Gasteiger partial charge < -0.3 is 14.6 Å². The molecule has 1 heterocycles. The van der Waals surface area contributed by atoms with Crippen LogP contribution >= 0.6 is 0 Å². The number of phenolic OH excluding ortho intramolecular Hbond substituents is 1. The molecule has 0 bridgehead atoms. The summed E-state index contributed by atoms with van der Waals surface area (Å²) in [6.07, 6.45) is 1.94. The standard InChI is InChI=1S/C19H21NO3/c1-20-7-6-12-9-16(23-3)19(21)18-14-10-13(22-2)5-4-11(14)8-15(20)17(12)18/h4-5,9-10,15,21H,6-8H2,1-3H3/t15-/m0/s1. The zero-order chi connectivity index (χ0) is 16.1. The molecule has 0 amide bonds. The Morgan fingerprint density at radius 3 is 2.70 bits per heavy atom. The van der Waals surface area contributed by atoms with E-state index >= 15 is 0 Å². The van der Waals surface area contributed by atoms with Gasteiger partial charge in [-0.3, -0.25) is 4.90 Å². The molecule has 0 saturated carbocycles. The van der Waals surface area contributed by atoms with Gasteiger partial charge in [-0.05, 0) is 60.3 Å². The first-order valence-corrected chi connectivity index (χ1v) is 7.94. The van der Waals surface area contributed by atoms with Gasteiger partial charge >= 0.3 is 0 Å². The highest BCUT2D eigenvalue weighted by Gasteiger charge is 2.35. The molecule has 23 heavy (non-hydrogen) atoms. The van der Waals surface area contributed by atoms with Crippen LogP contribution in [0.2, 0.25) is 0 Å². The summed E-state index contributed by atoms with van der Waals surface area (Å²) in [6, 6.07) is 8.43. The lowest BCUT2D eigenvalue weighted by Crippen LogP contribution is -2.35. The van der Waals surface area contributed by atoms with Crippen molar-refractivity contribution in [3.63, 3.8) is 0 Å². The summed E-state index contributed by atoms with van der Waals surface area (Å²) in [5, 5.41) is 10.8. The monoisotopic (exact) mass is 311 g/mol. The fraction of sp³-hybridized carbons (Fsp3) is 0.368. The van der Waals surface area contributed by atoms with Crippen LogP contribution in [0.25, 0.3) is 11.1 Å². The maximum Gasteiger partial charge on any atom is 0.166 e. The van der Waals surface area contributed by atoms with Crippen molar-refractivity contribution < 1.29 is 14.6 Å². The van der Waals surface area contributed by atoms with E-state index < -0.39 is 0 Å². The van der Waals surface area contributed by atoms with Crippen LogP contribution in [0, 0.1) is 0 Å². The fourth-order valence-corrected chi connectivity index (χ4v) is 3.96. The van der Waals surface area contributed by atoms with Crippen molar-refractivity contribution in [2.45, 2.75) is 18.9 Å². The molecule has 4 heteroatoms. The van der Waals surface area contributed by atoms with E-state index in [1.165, 1.54) is 16.7 Å². The second-order valence-electron chi connectivity index (χ2n) is 6.35. The average molecular weight is 311 g/mol. The van der Waals surface area contributed by atoms with Crippen LogP contribution in [-0.4, -0.2) is 37.8 Å². The van der Waals surface area contributed by atoms with E-state index in [4.69, 9.17) is 9.47 Å². The number of benzene rings is 2. The van der Waals surface area contributed by atoms with E-state index in [0.717, 1.165) is 36.3 Å². The Hall–Kier alpha value is -2.20. The van der Waals surface area contributed by atoms with E-state index in [1.54, 1.807) is 14.2 Å². The fourth-order valence-electron chi connectivity index (χ4n) is 3.96. The number of fused-ring (bicyclic) bond motifs is 2. The van der Waals surface area contributed by atoms with Crippen LogP contribution in [0.4, 0.5) is 0 Å². The molecule has 2 aromatic carbocycles. The van der Waals surface area contributed by atoms with Crippen molar-refractivity contribution in [1.82, 2.24) is 4.90 Å². The summed E-state index contributed by atoms with van der Waals surface area (Å²) >= 11 is 0. The molecule has 120 valence electrons. The third-order valence-electron chi connectivity index (χ3n) is 5.21. The topological polar surface area (TPSA) is 41.9 Å². The summed E-state index contributed by atoms with van der Waals surface area (Å²) in [6.45, 7) is 1.02. The van der Waals surface area contributed by atoms with E-state index in [1.807, 2.05) is 18.2 Å². The van der Waals surface area contributed by atoms with Gasteiger partial charge in [-0.15, -0.1) is 0 Å². The molecule has 2 aromatic rings. The molecule has 4 nitrogen and oxygen atoms in total. The van der Waals surface area contributed by atoms with Gasteiger partial charge in [0.15, 0.2) is 11.5 Å². The molecule has 0 saturated heterocycles. The largest absolute Gasteiger partial charge is 0.504 e. The molecule has 0 unspecified atom stereocenters. The molecule has 0 aromatic heterocycles. The zero-order valence-corrected chi connectivity index (χ0v) is 13.7. The minimum Gasteiger partial charge on any atom is -0.504 e. The average Bonchev–Trinajstić information content (AvgIpc) is 2.58. The third-order valence-corrected chi connectivity index (χ3v) is 5.21. The first-order chi connectivity index (χ1) is 11.1. The van der Waals surface area contributed by atoms with Gasteiger partial charge in [0.25, 0.3) is 0 Å². The number of phenols is 1. The SMILES string of the molecule is COc1ccc2c(c1)-c1c(O)c(OC)cc3c1[C@H](C2)N(C)CC3. The first kappa shape index (κ1) is 14.4. The summed E-state index contributed by atoms with van der Waals surface area (Å²) in [5.41, 5.74) is 5.75. The van der Waals surface area contributed by atoms with Gasteiger partial charge in [0.1, 0.15) is 5.75 Å². The van der Waals surface area contributed by atoms with Gasteiger partial charge in [-0.1, -0.05) is 6.07 Å². The Bertz CT molecular complexity index is 785. The second kappa shape index (κ2) is 5.17. The number of ether oxygens (including phenoxy) is 2. The van der Waals surface area contributed by atoms with E-state index in [2.05, 4.69) is 18.0 Å². The van der Waals surface area contributed by atoms with Crippen LogP contribution in [0.15, 0.2) is 24.3 Å². The molecular weight excluding hydrogens is 290 g/mol. The lowest BCUT2D eigenvalue weighted by molar-refractivity contribution is 0.227. The zero-order valence-electron chi connectivity index (χ0n) is 13.7. The molecule has 0 spiro atoms. The Morgan fingerprint density at radius 1 is 1.13 bits per heavy atom. The Morgan fingerprint density at radius 2 is 1.96 bits per heavy atom. The number of hydrogen-bond donors (Lipinski definition) is 1. The van der Waals surface area contributed by atoms with Crippen molar-refractivity contribution in [2.24, 2.45) is 0 Å². The highest BCUT2D eigenvalue weighted by atomic mass is 16.5. The molecular formula is C19H21NO3. The summed E-state index contributed by atoms with van der Waals surface area (Å²) in [4.78, 5) is 2.38. The Labute approximate surface area is 136 Å². The Balaban J connectivity index is 2.05. The van der Waals surface area contributed by atoms with Crippen LogP contribution in [0.5, 0.6) is 17.2 Å². The van der Waals surface area contributed by atoms with E-state index in [-0.39, 0.29) is 5.75 Å². The van der Waals surface area contributed by atoms with Crippen LogP contribution in [0.3, 0.4) is 0 Å². The molecule has 0 fully saturated rings. The highest BCUT2D eigenvalue weighted by Crippen LogP contribution is 2.52. The maximum absolute atomic E-state index is 10.8. The highest BCUT2D eigenvalue weighted by molar-refractivity contribution is 5.83. The molecule has 4 rings (SSSR count). The van der Waals surface area contributed by atoms with Gasteiger partial charge in [0.05, 0.1) is 14.2 Å². The van der Waals surface area contributed by atoms with Crippen molar-refractivity contribution >= 4 is 0 Å². The molecule has 1 atom stereocenters. The number of methoxy groups -OCH3 is 2. The minimum atomic E-state index is 0.237. The quantitative estimate of drug-likeness (QED) is 0.925. The minimum absolute atomic E-state index is 0.237. The predicted octanol–water partition coefficient (Wildman–Crippen LogP) is 3.16. The Kier molecular flexibility index (Phi) is 3.23. The normalized spacial score (nSPS) is 19.0. The smallest absolute Gasteiger partial charge is 0.166 e. The van der Waals surface area contributed by atoms with Crippen LogP contribution in [-0.2, 0) is 12.8 Å². The van der Waals surface area contributed by atoms with Gasteiger partial charge in [0.2, 0.25) is 0 Å². The van der Waals surface area contributed by atoms with Gasteiger partial charge in [-0.2, -0.15) is 0 Å². The van der Waals surface area contributed by atoms with E-state index in [0.29, 0.717) is 11.8 Å². The number of hydrogen-bond acceptors (Lipinski definition) is 4. The second-order valence-corrected chi connectivity index (χ2v) is 6.35. The van der Waals surface area contributed by atoms with E-state index in [9.17, 15) is 5.11 Å². The predicted molar refractivity (Wildman–Crippen MR) is 89.4 cm³/mol. The lowest BCUT2D eigenvalue weighted by atomic mass is 9.76. The first-order valence-electron chi connectivity index (χ1n) is 7.94. The number of aromatic hydroxyl groups is 1. The van der Waals surface area contributed by atoms with Crippen molar-refractivity contribution in [1.29, 1.82) is 0 Å². The lowest BCUT2D eigenvalue weighted by Gasteiger charge is -2.40. The van der Waals surface area contributed by atoms with Crippen molar-refractivity contribution in [3.8, 4) is 28.4 Å². The van der Waals surface area contributed by atoms with Crippen LogP contribution in [0.1, 0.15) is 22.7 Å². The number of likely N-dealkylation sites (N-methyl/N-ethyl adjacent to an activating group) is 1. The number of nitrogens with zero attached hydrogens (tertiary/aromatic N) is 1. The summed E-state index contributed by atoms with van der Waals surface area (Å²) < 4.78 is 10.8. The maximum atomic E-state index is 10.8. The van der Waals surface area contributed by atoms with Crippen LogP contribution < -0.4 is 9.47 Å². The van der Waals surface area contributed by atoms with Gasteiger partial charge in [0, 0.05) is 18.2 Å². The molecule has 0 radical (unpaired) electrons. The molecule has 1 N–H and O–H groups in total. The molecule has 1 aliphatic heterocycles. The van der Waals surface area contributed by atoms with Gasteiger partial charge in [-0.25, -0.2) is 0 Å². The van der Waals surface area contributed by atoms with Crippen molar-refractivity contribution in [2.75, 3.05) is 27.8 Å². The molecule has 1 aliphatic carbocycles. The number of rotatable bonds is 2. The van der Waals surface area contributed by atoms with Crippen molar-refractivity contribution in [3.05, 3.63) is 41.0 Å². The molecule has 2 aliphatic rings. The third kappa shape index (κ3) is 2.01. The summed E-state index contributed by atoms with van der Waals surface area (Å²) in [5.74, 6) is 1.60.